The second-order valence-corrected chi connectivity index (χ2v) is 11.2. The highest BCUT2D eigenvalue weighted by Crippen LogP contribution is 2.47. The second-order valence-electron chi connectivity index (χ2n) is 11.2. The van der Waals surface area contributed by atoms with Crippen LogP contribution < -0.4 is 0 Å². The zero-order valence-electron chi connectivity index (χ0n) is 23.4. The summed E-state index contributed by atoms with van der Waals surface area (Å²) in [5.41, 5.74) is 7.97. The first-order chi connectivity index (χ1) is 21.8. The van der Waals surface area contributed by atoms with Crippen molar-refractivity contribution in [2.24, 2.45) is 0 Å². The van der Waals surface area contributed by atoms with Crippen LogP contribution in [0, 0.1) is 0 Å². The van der Waals surface area contributed by atoms with Crippen LogP contribution in [-0.2, 0) is 0 Å². The first-order valence-electron chi connectivity index (χ1n) is 14.7. The lowest BCUT2D eigenvalue weighted by Gasteiger charge is -2.08. The fourth-order valence-electron chi connectivity index (χ4n) is 6.90. The molecule has 6 aromatic carbocycles. The van der Waals surface area contributed by atoms with Gasteiger partial charge in [-0.15, -0.1) is 0 Å². The van der Waals surface area contributed by atoms with E-state index in [1.165, 1.54) is 38.1 Å². The minimum absolute atomic E-state index is 0.582. The summed E-state index contributed by atoms with van der Waals surface area (Å²) in [6, 6.07) is 45.9. The summed E-state index contributed by atoms with van der Waals surface area (Å²) in [5.74, 6) is 1.83. The molecule has 10 aromatic rings. The molecule has 0 N–H and O–H groups in total. The molecule has 5 heteroatoms. The minimum Gasteiger partial charge on any atom is -0.455 e. The van der Waals surface area contributed by atoms with E-state index in [1.54, 1.807) is 0 Å². The van der Waals surface area contributed by atoms with Crippen molar-refractivity contribution in [2.45, 2.75) is 0 Å². The summed E-state index contributed by atoms with van der Waals surface area (Å²) in [6.07, 6.45) is 0. The molecule has 0 atom stereocenters. The Kier molecular flexibility index (Phi) is 4.66. The van der Waals surface area contributed by atoms with Gasteiger partial charge in [0.05, 0.1) is 22.1 Å². The highest BCUT2D eigenvalue weighted by Gasteiger charge is 2.24. The van der Waals surface area contributed by atoms with E-state index in [2.05, 4.69) is 71.1 Å². The summed E-state index contributed by atoms with van der Waals surface area (Å²) in [7, 11) is 0. The molecular weight excluding hydrogens is 540 g/mol. The van der Waals surface area contributed by atoms with Crippen LogP contribution in [0.3, 0.4) is 0 Å². The molecule has 204 valence electrons. The number of fused-ring (bicyclic) bond motifs is 10. The van der Waals surface area contributed by atoms with Crippen molar-refractivity contribution in [3.05, 3.63) is 133 Å². The van der Waals surface area contributed by atoms with E-state index in [4.69, 9.17) is 19.4 Å². The lowest BCUT2D eigenvalue weighted by atomic mass is 10.0. The molecule has 0 aliphatic heterocycles. The quantitative estimate of drug-likeness (QED) is 0.215. The summed E-state index contributed by atoms with van der Waals surface area (Å²) in [6.45, 7) is 0. The Bertz CT molecular complexity index is 2650. The number of benzene rings is 6. The molecule has 0 unspecified atom stereocenters. The van der Waals surface area contributed by atoms with Crippen molar-refractivity contribution in [3.8, 4) is 34.2 Å². The Hall–Kier alpha value is -6.07. The van der Waals surface area contributed by atoms with E-state index in [0.717, 1.165) is 38.6 Å². The third-order valence-corrected chi connectivity index (χ3v) is 8.77. The lowest BCUT2D eigenvalue weighted by Crippen LogP contribution is -2.00. The molecule has 0 fully saturated rings. The fourth-order valence-corrected chi connectivity index (χ4v) is 6.90. The average Bonchev–Trinajstić information content (AvgIpc) is 3.75. The van der Waals surface area contributed by atoms with Crippen LogP contribution in [0.5, 0.6) is 0 Å². The zero-order valence-corrected chi connectivity index (χ0v) is 23.4. The maximum absolute atomic E-state index is 6.83. The number of para-hydroxylation sites is 3. The Labute approximate surface area is 251 Å². The van der Waals surface area contributed by atoms with Crippen molar-refractivity contribution < 1.29 is 4.42 Å². The van der Waals surface area contributed by atoms with Gasteiger partial charge in [0.15, 0.2) is 17.5 Å². The third kappa shape index (κ3) is 3.15. The van der Waals surface area contributed by atoms with Gasteiger partial charge >= 0.3 is 0 Å². The molecule has 4 aromatic heterocycles. The number of hydrogen-bond acceptors (Lipinski definition) is 4. The summed E-state index contributed by atoms with van der Waals surface area (Å²) in [4.78, 5) is 14.9. The molecule has 5 nitrogen and oxygen atoms in total. The largest absolute Gasteiger partial charge is 0.455 e. The summed E-state index contributed by atoms with van der Waals surface area (Å²) >= 11 is 0. The highest BCUT2D eigenvalue weighted by atomic mass is 16.3. The van der Waals surface area contributed by atoms with E-state index in [-0.39, 0.29) is 0 Å². The van der Waals surface area contributed by atoms with Gasteiger partial charge in [0.2, 0.25) is 0 Å². The van der Waals surface area contributed by atoms with Crippen LogP contribution in [0.25, 0.3) is 94.2 Å². The molecule has 0 spiro atoms. The maximum Gasteiger partial charge on any atom is 0.167 e. The van der Waals surface area contributed by atoms with Crippen LogP contribution in [0.15, 0.2) is 138 Å². The molecule has 44 heavy (non-hydrogen) atoms. The van der Waals surface area contributed by atoms with Gasteiger partial charge in [0, 0.05) is 43.4 Å². The molecule has 10 rings (SSSR count). The van der Waals surface area contributed by atoms with Crippen molar-refractivity contribution in [2.75, 3.05) is 0 Å². The number of rotatable bonds is 3. The number of nitrogens with zero attached hydrogens (tertiary/aromatic N) is 4. The molecule has 0 saturated carbocycles. The monoisotopic (exact) mass is 562 g/mol. The predicted molar refractivity (Wildman–Crippen MR) is 178 cm³/mol. The van der Waals surface area contributed by atoms with Crippen molar-refractivity contribution in [3.63, 3.8) is 0 Å². The molecule has 4 heterocycles. The Balaban J connectivity index is 1.32. The number of furan rings is 1. The van der Waals surface area contributed by atoms with Crippen molar-refractivity contribution in [1.82, 2.24) is 19.4 Å². The van der Waals surface area contributed by atoms with E-state index < -0.39 is 0 Å². The van der Waals surface area contributed by atoms with Gasteiger partial charge in [-0.3, -0.25) is 0 Å². The van der Waals surface area contributed by atoms with Crippen LogP contribution in [0.2, 0.25) is 0 Å². The lowest BCUT2D eigenvalue weighted by molar-refractivity contribution is 0.670. The zero-order chi connectivity index (χ0) is 28.8. The van der Waals surface area contributed by atoms with Crippen molar-refractivity contribution in [1.29, 1.82) is 0 Å². The van der Waals surface area contributed by atoms with Gasteiger partial charge < -0.3 is 8.82 Å². The Morgan fingerprint density at radius 3 is 1.73 bits per heavy atom. The van der Waals surface area contributed by atoms with Gasteiger partial charge in [-0.05, 0) is 24.3 Å². The second kappa shape index (κ2) is 8.72. The summed E-state index contributed by atoms with van der Waals surface area (Å²) in [5, 5.41) is 7.01. The molecular formula is C39H22N4O. The van der Waals surface area contributed by atoms with Crippen molar-refractivity contribution >= 4 is 60.0 Å². The molecule has 0 radical (unpaired) electrons. The Morgan fingerprint density at radius 2 is 1.02 bits per heavy atom. The number of hydrogen-bond donors (Lipinski definition) is 0. The maximum atomic E-state index is 6.83. The fraction of sp³-hybridized carbons (Fsp3) is 0. The molecule has 0 amide bonds. The van der Waals surface area contributed by atoms with Gasteiger partial charge in [-0.25, -0.2) is 15.0 Å². The first kappa shape index (κ1) is 23.5. The van der Waals surface area contributed by atoms with Crippen LogP contribution >= 0.6 is 0 Å². The molecule has 0 bridgehead atoms. The minimum atomic E-state index is 0.582. The molecule has 0 saturated heterocycles. The molecule has 0 aliphatic carbocycles. The normalized spacial score (nSPS) is 12.1. The summed E-state index contributed by atoms with van der Waals surface area (Å²) < 4.78 is 9.23. The predicted octanol–water partition coefficient (Wildman–Crippen LogP) is 9.92. The van der Waals surface area contributed by atoms with Gasteiger partial charge in [0.25, 0.3) is 0 Å². The topological polar surface area (TPSA) is 56.2 Å². The Morgan fingerprint density at radius 1 is 0.455 bits per heavy atom. The van der Waals surface area contributed by atoms with Crippen LogP contribution in [0.4, 0.5) is 0 Å². The average molecular weight is 563 g/mol. The van der Waals surface area contributed by atoms with Crippen LogP contribution in [0.1, 0.15) is 0 Å². The van der Waals surface area contributed by atoms with Gasteiger partial charge in [0.1, 0.15) is 11.2 Å². The highest BCUT2D eigenvalue weighted by molar-refractivity contribution is 6.35. The first-order valence-corrected chi connectivity index (χ1v) is 14.7. The van der Waals surface area contributed by atoms with Gasteiger partial charge in [-0.1, -0.05) is 109 Å². The SMILES string of the molecule is c1ccc(-c2nc(-c3ccccc3)nc(-c3cccc4c3oc3cc5c6ccccc6n6c7ccccc7c(c34)c56)n2)cc1. The third-order valence-electron chi connectivity index (χ3n) is 8.77. The van der Waals surface area contributed by atoms with Crippen LogP contribution in [-0.4, -0.2) is 19.4 Å². The van der Waals surface area contributed by atoms with E-state index in [9.17, 15) is 0 Å². The number of aromatic nitrogens is 4. The standard InChI is InChI=1S/C39H22N4O/c1-3-12-23(13-4-1)37-40-38(24-14-5-2-6-15-24)42-39(41-37)28-19-11-18-27-33-32(44-36(27)28)22-29-25-16-7-9-20-30(25)43-31-21-10-8-17-26(31)34(33)35(29)43/h1-22H. The molecule has 0 aliphatic rings. The van der Waals surface area contributed by atoms with E-state index in [0.29, 0.717) is 17.5 Å². The van der Waals surface area contributed by atoms with E-state index >= 15 is 0 Å². The van der Waals surface area contributed by atoms with Gasteiger partial charge in [-0.2, -0.15) is 0 Å². The van der Waals surface area contributed by atoms with E-state index in [1.807, 2.05) is 66.7 Å². The smallest absolute Gasteiger partial charge is 0.167 e.